The molecule has 0 unspecified atom stereocenters. The van der Waals surface area contributed by atoms with Gasteiger partial charge in [-0.2, -0.15) is 0 Å². The van der Waals surface area contributed by atoms with Crippen molar-refractivity contribution in [3.8, 4) is 5.69 Å². The monoisotopic (exact) mass is 436 g/mol. The van der Waals surface area contributed by atoms with E-state index in [1.54, 1.807) is 6.08 Å². The molecule has 30 heavy (non-hydrogen) atoms. The summed E-state index contributed by atoms with van der Waals surface area (Å²) in [6, 6.07) is 17.5. The van der Waals surface area contributed by atoms with Crippen LogP contribution in [-0.2, 0) is 11.3 Å². The number of benzene rings is 2. The van der Waals surface area contributed by atoms with Crippen LogP contribution < -0.4 is 0 Å². The van der Waals surface area contributed by atoms with Crippen LogP contribution in [0.3, 0.4) is 0 Å². The molecule has 1 fully saturated rings. The first kappa shape index (κ1) is 20.5. The van der Waals surface area contributed by atoms with Gasteiger partial charge >= 0.3 is 0 Å². The minimum Gasteiger partial charge on any atom is -0.316 e. The van der Waals surface area contributed by atoms with E-state index >= 15 is 0 Å². The number of rotatable bonds is 4. The molecule has 4 nitrogen and oxygen atoms in total. The fourth-order valence-electron chi connectivity index (χ4n) is 3.59. The van der Waals surface area contributed by atoms with Crippen LogP contribution in [-0.4, -0.2) is 20.6 Å². The van der Waals surface area contributed by atoms with E-state index in [4.69, 9.17) is 11.6 Å². The molecule has 2 heterocycles. The van der Waals surface area contributed by atoms with Gasteiger partial charge in [-0.1, -0.05) is 53.6 Å². The maximum Gasteiger partial charge on any atom is 0.293 e. The normalized spacial score (nSPS) is 15.5. The molecule has 2 amide bonds. The third-order valence-electron chi connectivity index (χ3n) is 5.19. The van der Waals surface area contributed by atoms with Crippen LogP contribution in [0.1, 0.15) is 28.1 Å². The standard InChI is InChI=1S/C24H21ClN2O2S/c1-15-8-10-18(11-9-15)14-26-23(28)22(30-24(26)29)13-19-12-16(2)27(17(19)3)21-7-5-4-6-20(21)25/h4-13H,14H2,1-3H3/b22-13-. The van der Waals surface area contributed by atoms with Crippen LogP contribution in [0.2, 0.25) is 5.02 Å². The van der Waals surface area contributed by atoms with Gasteiger partial charge in [-0.25, -0.2) is 0 Å². The van der Waals surface area contributed by atoms with Gasteiger partial charge in [-0.3, -0.25) is 14.5 Å². The molecule has 4 rings (SSSR count). The first-order chi connectivity index (χ1) is 14.3. The molecule has 6 heteroatoms. The molecule has 0 bridgehead atoms. The van der Waals surface area contributed by atoms with Crippen LogP contribution in [0.25, 0.3) is 11.8 Å². The summed E-state index contributed by atoms with van der Waals surface area (Å²) in [5.74, 6) is -0.256. The number of hydrogen-bond acceptors (Lipinski definition) is 3. The van der Waals surface area contributed by atoms with E-state index in [1.807, 2.05) is 75.4 Å². The first-order valence-corrected chi connectivity index (χ1v) is 10.8. The Labute approximate surface area is 185 Å². The molecule has 0 radical (unpaired) electrons. The van der Waals surface area contributed by atoms with Gasteiger partial charge in [-0.15, -0.1) is 0 Å². The molecular formula is C24H21ClN2O2S. The third-order valence-corrected chi connectivity index (χ3v) is 6.41. The number of amides is 2. The van der Waals surface area contributed by atoms with Crippen LogP contribution >= 0.6 is 23.4 Å². The summed E-state index contributed by atoms with van der Waals surface area (Å²) in [5, 5.41) is 0.413. The van der Waals surface area contributed by atoms with Crippen molar-refractivity contribution in [1.82, 2.24) is 9.47 Å². The van der Waals surface area contributed by atoms with Gasteiger partial charge < -0.3 is 4.57 Å². The lowest BCUT2D eigenvalue weighted by molar-refractivity contribution is -0.123. The molecule has 1 saturated heterocycles. The number of thioether (sulfide) groups is 1. The topological polar surface area (TPSA) is 42.3 Å². The molecule has 0 spiro atoms. The Hall–Kier alpha value is -2.76. The Balaban J connectivity index is 1.63. The lowest BCUT2D eigenvalue weighted by Gasteiger charge is -2.12. The fourth-order valence-corrected chi connectivity index (χ4v) is 4.64. The van der Waals surface area contributed by atoms with E-state index in [2.05, 4.69) is 4.57 Å². The summed E-state index contributed by atoms with van der Waals surface area (Å²) in [5.41, 5.74) is 5.83. The van der Waals surface area contributed by atoms with Gasteiger partial charge in [0, 0.05) is 11.4 Å². The van der Waals surface area contributed by atoms with Crippen molar-refractivity contribution in [2.24, 2.45) is 0 Å². The minimum absolute atomic E-state index is 0.244. The lowest BCUT2D eigenvalue weighted by Crippen LogP contribution is -2.27. The van der Waals surface area contributed by atoms with E-state index in [0.29, 0.717) is 9.93 Å². The molecule has 1 aliphatic rings. The summed E-state index contributed by atoms with van der Waals surface area (Å²) in [7, 11) is 0. The van der Waals surface area contributed by atoms with E-state index in [9.17, 15) is 9.59 Å². The second kappa shape index (κ2) is 8.17. The number of halogens is 1. The number of carbonyl (C=O) groups is 2. The molecule has 2 aromatic carbocycles. The molecular weight excluding hydrogens is 416 g/mol. The predicted molar refractivity (Wildman–Crippen MR) is 123 cm³/mol. The van der Waals surface area contributed by atoms with Crippen LogP contribution in [0.5, 0.6) is 0 Å². The van der Waals surface area contributed by atoms with Crippen molar-refractivity contribution in [3.63, 3.8) is 0 Å². The van der Waals surface area contributed by atoms with Crippen LogP contribution in [0, 0.1) is 20.8 Å². The molecule has 0 N–H and O–H groups in total. The Morgan fingerprint density at radius 2 is 1.70 bits per heavy atom. The van der Waals surface area contributed by atoms with E-state index < -0.39 is 0 Å². The van der Waals surface area contributed by atoms with Gasteiger partial charge in [0.25, 0.3) is 11.1 Å². The Bertz CT molecular complexity index is 1180. The number of para-hydroxylation sites is 1. The number of carbonyl (C=O) groups excluding carboxylic acids is 2. The van der Waals surface area contributed by atoms with Crippen molar-refractivity contribution >= 4 is 40.6 Å². The SMILES string of the molecule is Cc1ccc(CN2C(=O)S/C(=C\c3cc(C)n(-c4ccccc4Cl)c3C)C2=O)cc1. The largest absolute Gasteiger partial charge is 0.316 e. The Morgan fingerprint density at radius 1 is 1.00 bits per heavy atom. The third kappa shape index (κ3) is 3.83. The molecule has 1 aliphatic heterocycles. The zero-order valence-electron chi connectivity index (χ0n) is 17.0. The number of nitrogens with zero attached hydrogens (tertiary/aromatic N) is 2. The quantitative estimate of drug-likeness (QED) is 0.451. The smallest absolute Gasteiger partial charge is 0.293 e. The van der Waals surface area contributed by atoms with Crippen LogP contribution in [0.15, 0.2) is 59.5 Å². The number of hydrogen-bond donors (Lipinski definition) is 0. The summed E-state index contributed by atoms with van der Waals surface area (Å²) in [6.45, 7) is 6.27. The Kier molecular flexibility index (Phi) is 5.58. The van der Waals surface area contributed by atoms with Gasteiger partial charge in [-0.05, 0) is 67.9 Å². The lowest BCUT2D eigenvalue weighted by atomic mass is 10.1. The molecule has 0 saturated carbocycles. The number of aryl methyl sites for hydroxylation is 2. The second-order valence-electron chi connectivity index (χ2n) is 7.37. The first-order valence-electron chi connectivity index (χ1n) is 9.60. The highest BCUT2D eigenvalue weighted by Gasteiger charge is 2.35. The van der Waals surface area contributed by atoms with Crippen molar-refractivity contribution in [3.05, 3.63) is 92.6 Å². The average Bonchev–Trinajstić information content (AvgIpc) is 3.14. The average molecular weight is 437 g/mol. The molecule has 1 aromatic heterocycles. The predicted octanol–water partition coefficient (Wildman–Crippen LogP) is 6.29. The number of imide groups is 1. The van der Waals surface area contributed by atoms with Gasteiger partial charge in [0.05, 0.1) is 22.2 Å². The minimum atomic E-state index is -0.256. The highest BCUT2D eigenvalue weighted by Crippen LogP contribution is 2.35. The second-order valence-corrected chi connectivity index (χ2v) is 8.77. The van der Waals surface area contributed by atoms with Crippen molar-refractivity contribution in [1.29, 1.82) is 0 Å². The van der Waals surface area contributed by atoms with Gasteiger partial charge in [0.1, 0.15) is 0 Å². The summed E-state index contributed by atoms with van der Waals surface area (Å²) in [4.78, 5) is 27.1. The van der Waals surface area contributed by atoms with E-state index in [0.717, 1.165) is 45.5 Å². The fraction of sp³-hybridized carbons (Fsp3) is 0.167. The van der Waals surface area contributed by atoms with Gasteiger partial charge in [0.2, 0.25) is 0 Å². The molecule has 3 aromatic rings. The highest BCUT2D eigenvalue weighted by atomic mass is 35.5. The Morgan fingerprint density at radius 3 is 2.40 bits per heavy atom. The molecule has 0 atom stereocenters. The van der Waals surface area contributed by atoms with Crippen molar-refractivity contribution < 1.29 is 9.59 Å². The van der Waals surface area contributed by atoms with Crippen LogP contribution in [0.4, 0.5) is 4.79 Å². The number of aromatic nitrogens is 1. The van der Waals surface area contributed by atoms with E-state index in [-0.39, 0.29) is 17.7 Å². The van der Waals surface area contributed by atoms with Crippen molar-refractivity contribution in [2.75, 3.05) is 0 Å². The van der Waals surface area contributed by atoms with E-state index in [1.165, 1.54) is 4.90 Å². The van der Waals surface area contributed by atoms with Gasteiger partial charge in [0.15, 0.2) is 0 Å². The zero-order valence-corrected chi connectivity index (χ0v) is 18.6. The maximum absolute atomic E-state index is 12.9. The van der Waals surface area contributed by atoms with Crippen molar-refractivity contribution in [2.45, 2.75) is 27.3 Å². The highest BCUT2D eigenvalue weighted by molar-refractivity contribution is 8.18. The summed E-state index contributed by atoms with van der Waals surface area (Å²) >= 11 is 7.37. The molecule has 0 aliphatic carbocycles. The summed E-state index contributed by atoms with van der Waals surface area (Å²) < 4.78 is 2.06. The summed E-state index contributed by atoms with van der Waals surface area (Å²) in [6.07, 6.45) is 1.80. The maximum atomic E-state index is 12.9. The molecule has 152 valence electrons. The zero-order chi connectivity index (χ0) is 21.4.